The van der Waals surface area contributed by atoms with Gasteiger partial charge in [0, 0.05) is 6.54 Å². The summed E-state index contributed by atoms with van der Waals surface area (Å²) in [4.78, 5) is 11.8. The highest BCUT2D eigenvalue weighted by Crippen LogP contribution is 2.30. The number of nitrogens with one attached hydrogen (secondary N) is 2. The lowest BCUT2D eigenvalue weighted by Crippen LogP contribution is -2.42. The monoisotopic (exact) mass is 238 g/mol. The molecule has 2 aliphatic rings. The topological polar surface area (TPSA) is 41.1 Å². The number of hydrogen-bond donors (Lipinski definition) is 2. The Morgan fingerprint density at radius 2 is 1.88 bits per heavy atom. The number of hydrogen-bond acceptors (Lipinski definition) is 2. The molecule has 1 aliphatic carbocycles. The fourth-order valence-electron chi connectivity index (χ4n) is 3.12. The van der Waals surface area contributed by atoms with Gasteiger partial charge in [0.2, 0.25) is 5.91 Å². The summed E-state index contributed by atoms with van der Waals surface area (Å²) in [6.45, 7) is 4.19. The zero-order valence-corrected chi connectivity index (χ0v) is 11.0. The number of carbonyl (C=O) groups is 1. The van der Waals surface area contributed by atoms with E-state index < -0.39 is 0 Å². The molecule has 3 nitrogen and oxygen atoms in total. The van der Waals surface area contributed by atoms with E-state index in [1.54, 1.807) is 0 Å². The first-order valence-corrected chi connectivity index (χ1v) is 7.30. The fraction of sp³-hybridized carbons (Fsp3) is 0.929. The summed E-state index contributed by atoms with van der Waals surface area (Å²) in [7, 11) is 0. The maximum Gasteiger partial charge on any atom is 0.237 e. The van der Waals surface area contributed by atoms with E-state index in [-0.39, 0.29) is 11.9 Å². The fourth-order valence-corrected chi connectivity index (χ4v) is 3.12. The van der Waals surface area contributed by atoms with E-state index in [0.717, 1.165) is 37.8 Å². The Labute approximate surface area is 105 Å². The van der Waals surface area contributed by atoms with Crippen LogP contribution >= 0.6 is 0 Å². The zero-order chi connectivity index (χ0) is 12.1. The molecule has 1 saturated carbocycles. The van der Waals surface area contributed by atoms with Crippen molar-refractivity contribution in [2.75, 3.05) is 13.1 Å². The molecule has 0 aromatic rings. The summed E-state index contributed by atoms with van der Waals surface area (Å²) in [6.07, 6.45) is 8.80. The first kappa shape index (κ1) is 12.9. The van der Waals surface area contributed by atoms with Crippen LogP contribution in [0.2, 0.25) is 0 Å². The maximum atomic E-state index is 11.8. The van der Waals surface area contributed by atoms with Gasteiger partial charge in [0.15, 0.2) is 0 Å². The molecule has 1 saturated heterocycles. The molecule has 17 heavy (non-hydrogen) atoms. The van der Waals surface area contributed by atoms with Gasteiger partial charge in [-0.3, -0.25) is 4.79 Å². The lowest BCUT2D eigenvalue weighted by molar-refractivity contribution is -0.123. The van der Waals surface area contributed by atoms with E-state index in [2.05, 4.69) is 17.6 Å². The molecule has 0 unspecified atom stereocenters. The Morgan fingerprint density at radius 1 is 1.18 bits per heavy atom. The Balaban J connectivity index is 1.63. The third-order valence-corrected chi connectivity index (χ3v) is 4.49. The molecule has 0 radical (unpaired) electrons. The van der Waals surface area contributed by atoms with Crippen molar-refractivity contribution >= 4 is 5.91 Å². The summed E-state index contributed by atoms with van der Waals surface area (Å²) in [5.41, 5.74) is 0. The highest BCUT2D eigenvalue weighted by Gasteiger charge is 2.24. The van der Waals surface area contributed by atoms with Crippen molar-refractivity contribution in [1.82, 2.24) is 10.6 Å². The van der Waals surface area contributed by atoms with E-state index in [1.165, 1.54) is 32.1 Å². The smallest absolute Gasteiger partial charge is 0.237 e. The molecular formula is C14H26N2O. The van der Waals surface area contributed by atoms with Crippen LogP contribution < -0.4 is 10.6 Å². The van der Waals surface area contributed by atoms with Crippen LogP contribution in [0.1, 0.15) is 51.9 Å². The van der Waals surface area contributed by atoms with Gasteiger partial charge in [-0.05, 0) is 44.1 Å². The van der Waals surface area contributed by atoms with E-state index in [9.17, 15) is 4.79 Å². The van der Waals surface area contributed by atoms with Crippen LogP contribution in [0.3, 0.4) is 0 Å². The zero-order valence-electron chi connectivity index (χ0n) is 11.0. The van der Waals surface area contributed by atoms with Crippen LogP contribution in [0, 0.1) is 11.8 Å². The molecule has 1 amide bonds. The summed E-state index contributed by atoms with van der Waals surface area (Å²) in [5.74, 6) is 1.89. The first-order valence-electron chi connectivity index (χ1n) is 7.30. The SMILES string of the molecule is CCC1CCC(CNC(=O)[C@@H]2CCCN2)CC1. The van der Waals surface area contributed by atoms with Gasteiger partial charge < -0.3 is 10.6 Å². The summed E-state index contributed by atoms with van der Waals surface area (Å²) in [5, 5.41) is 6.37. The molecule has 0 bridgehead atoms. The third-order valence-electron chi connectivity index (χ3n) is 4.49. The summed E-state index contributed by atoms with van der Waals surface area (Å²) in [6, 6.07) is 0.0852. The second-order valence-electron chi connectivity index (χ2n) is 5.69. The standard InChI is InChI=1S/C14H26N2O/c1-2-11-5-7-12(8-6-11)10-16-14(17)13-4-3-9-15-13/h11-13,15H,2-10H2,1H3,(H,16,17)/t11?,12?,13-/m0/s1. The maximum absolute atomic E-state index is 11.8. The Bertz CT molecular complexity index is 241. The van der Waals surface area contributed by atoms with E-state index in [4.69, 9.17) is 0 Å². The largest absolute Gasteiger partial charge is 0.354 e. The van der Waals surface area contributed by atoms with Crippen LogP contribution in [0.15, 0.2) is 0 Å². The quantitative estimate of drug-likeness (QED) is 0.787. The average Bonchev–Trinajstić information content (AvgIpc) is 2.90. The number of rotatable bonds is 4. The van der Waals surface area contributed by atoms with Crippen molar-refractivity contribution < 1.29 is 4.79 Å². The molecule has 0 spiro atoms. The molecule has 3 heteroatoms. The molecule has 2 N–H and O–H groups in total. The van der Waals surface area contributed by atoms with Crippen molar-refractivity contribution in [3.05, 3.63) is 0 Å². The van der Waals surface area contributed by atoms with Gasteiger partial charge in [0.25, 0.3) is 0 Å². The van der Waals surface area contributed by atoms with Gasteiger partial charge in [0.1, 0.15) is 0 Å². The van der Waals surface area contributed by atoms with Crippen LogP contribution in [-0.2, 0) is 4.79 Å². The third kappa shape index (κ3) is 3.70. The van der Waals surface area contributed by atoms with Gasteiger partial charge in [-0.15, -0.1) is 0 Å². The van der Waals surface area contributed by atoms with Crippen molar-refractivity contribution in [3.63, 3.8) is 0 Å². The minimum Gasteiger partial charge on any atom is -0.354 e. The van der Waals surface area contributed by atoms with Crippen molar-refractivity contribution in [1.29, 1.82) is 0 Å². The normalized spacial score (nSPS) is 33.6. The van der Waals surface area contributed by atoms with Crippen molar-refractivity contribution in [2.45, 2.75) is 57.9 Å². The number of carbonyl (C=O) groups excluding carboxylic acids is 1. The molecular weight excluding hydrogens is 212 g/mol. The molecule has 0 aromatic carbocycles. The second kappa shape index (κ2) is 6.39. The molecule has 1 heterocycles. The van der Waals surface area contributed by atoms with Crippen molar-refractivity contribution in [2.24, 2.45) is 11.8 Å². The molecule has 2 rings (SSSR count). The van der Waals surface area contributed by atoms with Gasteiger partial charge in [-0.1, -0.05) is 26.2 Å². The van der Waals surface area contributed by atoms with Crippen LogP contribution in [0.25, 0.3) is 0 Å². The van der Waals surface area contributed by atoms with Gasteiger partial charge in [0.05, 0.1) is 6.04 Å². The van der Waals surface area contributed by atoms with E-state index >= 15 is 0 Å². The van der Waals surface area contributed by atoms with Crippen molar-refractivity contribution in [3.8, 4) is 0 Å². The van der Waals surface area contributed by atoms with E-state index in [1.807, 2.05) is 0 Å². The summed E-state index contributed by atoms with van der Waals surface area (Å²) >= 11 is 0. The molecule has 0 aromatic heterocycles. The Kier molecular flexibility index (Phi) is 4.84. The van der Waals surface area contributed by atoms with Gasteiger partial charge in [-0.2, -0.15) is 0 Å². The molecule has 1 aliphatic heterocycles. The highest BCUT2D eigenvalue weighted by molar-refractivity contribution is 5.81. The second-order valence-corrected chi connectivity index (χ2v) is 5.69. The predicted molar refractivity (Wildman–Crippen MR) is 69.8 cm³/mol. The van der Waals surface area contributed by atoms with Crippen LogP contribution in [0.4, 0.5) is 0 Å². The van der Waals surface area contributed by atoms with Gasteiger partial charge in [-0.25, -0.2) is 0 Å². The number of amides is 1. The molecule has 98 valence electrons. The average molecular weight is 238 g/mol. The van der Waals surface area contributed by atoms with Crippen LogP contribution in [0.5, 0.6) is 0 Å². The Morgan fingerprint density at radius 3 is 2.47 bits per heavy atom. The highest BCUT2D eigenvalue weighted by atomic mass is 16.2. The van der Waals surface area contributed by atoms with E-state index in [0.29, 0.717) is 0 Å². The molecule has 2 fully saturated rings. The Hall–Kier alpha value is -0.570. The lowest BCUT2D eigenvalue weighted by atomic mass is 9.81. The minimum atomic E-state index is 0.0852. The van der Waals surface area contributed by atoms with Crippen LogP contribution in [-0.4, -0.2) is 25.0 Å². The minimum absolute atomic E-state index is 0.0852. The molecule has 1 atom stereocenters. The lowest BCUT2D eigenvalue weighted by Gasteiger charge is -2.28. The summed E-state index contributed by atoms with van der Waals surface area (Å²) < 4.78 is 0. The van der Waals surface area contributed by atoms with Gasteiger partial charge >= 0.3 is 0 Å². The predicted octanol–water partition coefficient (Wildman–Crippen LogP) is 2.07. The first-order chi connectivity index (χ1) is 8.29.